The van der Waals surface area contributed by atoms with Gasteiger partial charge in [0.15, 0.2) is 0 Å². The Morgan fingerprint density at radius 2 is 1.68 bits per heavy atom. The third kappa shape index (κ3) is 6.58. The van der Waals surface area contributed by atoms with Crippen LogP contribution in [0.15, 0.2) is 36.4 Å². The van der Waals surface area contributed by atoms with E-state index in [1.54, 1.807) is 0 Å². The van der Waals surface area contributed by atoms with E-state index in [2.05, 4.69) is 69.4 Å². The fourth-order valence-corrected chi connectivity index (χ4v) is 1.97. The first-order valence-corrected chi connectivity index (χ1v) is 7.49. The van der Waals surface area contributed by atoms with E-state index < -0.39 is 0 Å². The van der Waals surface area contributed by atoms with Crippen LogP contribution in [0, 0.1) is 0 Å². The molecule has 1 N–H and O–H groups in total. The lowest BCUT2D eigenvalue weighted by atomic mass is 9.86. The van der Waals surface area contributed by atoms with Crippen LogP contribution in [-0.4, -0.2) is 13.1 Å². The fourth-order valence-electron chi connectivity index (χ4n) is 1.97. The van der Waals surface area contributed by atoms with E-state index in [0.717, 1.165) is 25.9 Å². The van der Waals surface area contributed by atoms with Gasteiger partial charge in [-0.3, -0.25) is 0 Å². The van der Waals surface area contributed by atoms with Crippen LogP contribution < -0.4 is 5.32 Å². The van der Waals surface area contributed by atoms with Crippen LogP contribution in [0.2, 0.25) is 0 Å². The predicted octanol–water partition coefficient (Wildman–Crippen LogP) is 4.47. The van der Waals surface area contributed by atoms with Gasteiger partial charge in [0.2, 0.25) is 0 Å². The molecule has 0 atom stereocenters. The maximum Gasteiger partial charge on any atom is -0.00143 e. The Morgan fingerprint density at radius 1 is 1.00 bits per heavy atom. The summed E-state index contributed by atoms with van der Waals surface area (Å²) in [5, 5.41) is 3.41. The van der Waals surface area contributed by atoms with E-state index in [9.17, 15) is 0 Å². The third-order valence-electron chi connectivity index (χ3n) is 3.25. The molecule has 0 aliphatic heterocycles. The maximum atomic E-state index is 3.41. The number of allylic oxidation sites excluding steroid dienone is 1. The summed E-state index contributed by atoms with van der Waals surface area (Å²) in [5.41, 5.74) is 3.05. The Labute approximate surface area is 119 Å². The number of hydrogen-bond acceptors (Lipinski definition) is 1. The Hall–Kier alpha value is -1.08. The highest BCUT2D eigenvalue weighted by molar-refractivity contribution is 5.28. The first-order chi connectivity index (χ1) is 9.04. The van der Waals surface area contributed by atoms with Gasteiger partial charge >= 0.3 is 0 Å². The highest BCUT2D eigenvalue weighted by Crippen LogP contribution is 2.22. The van der Waals surface area contributed by atoms with Crippen molar-refractivity contribution in [3.8, 4) is 0 Å². The van der Waals surface area contributed by atoms with Crippen LogP contribution in [0.25, 0.3) is 0 Å². The quantitative estimate of drug-likeness (QED) is 0.562. The van der Waals surface area contributed by atoms with Gasteiger partial charge in [-0.25, -0.2) is 0 Å². The van der Waals surface area contributed by atoms with Crippen molar-refractivity contribution in [1.29, 1.82) is 0 Å². The highest BCUT2D eigenvalue weighted by Gasteiger charge is 2.12. The van der Waals surface area contributed by atoms with E-state index in [1.807, 2.05) is 0 Å². The zero-order valence-electron chi connectivity index (χ0n) is 13.0. The molecule has 0 heterocycles. The number of rotatable bonds is 7. The molecule has 1 nitrogen and oxygen atoms in total. The monoisotopic (exact) mass is 259 g/mol. The van der Waals surface area contributed by atoms with Crippen LogP contribution in [0.1, 0.15) is 51.7 Å². The van der Waals surface area contributed by atoms with Gasteiger partial charge in [0, 0.05) is 0 Å². The van der Waals surface area contributed by atoms with Crippen molar-refractivity contribution in [3.63, 3.8) is 0 Å². The summed E-state index contributed by atoms with van der Waals surface area (Å²) >= 11 is 0. The Bertz CT molecular complexity index is 368. The van der Waals surface area contributed by atoms with Crippen LogP contribution >= 0.6 is 0 Å². The van der Waals surface area contributed by atoms with E-state index in [4.69, 9.17) is 0 Å². The molecule has 0 bridgehead atoms. The largest absolute Gasteiger partial charge is 0.316 e. The minimum Gasteiger partial charge on any atom is -0.316 e. The van der Waals surface area contributed by atoms with Gasteiger partial charge < -0.3 is 5.32 Å². The van der Waals surface area contributed by atoms with Crippen molar-refractivity contribution in [3.05, 3.63) is 47.5 Å². The molecule has 0 aromatic heterocycles. The topological polar surface area (TPSA) is 12.0 Å². The minimum atomic E-state index is 0.249. The maximum absolute atomic E-state index is 3.41. The molecule has 1 rings (SSSR count). The average molecular weight is 259 g/mol. The van der Waals surface area contributed by atoms with Crippen LogP contribution in [0.3, 0.4) is 0 Å². The average Bonchev–Trinajstić information content (AvgIpc) is 2.37. The standard InChI is InChI=1S/C18H29N/c1-5-14-19-15-8-6-7-9-16-10-12-17(13-11-16)18(2,3)4/h6-7,10-13,19H,5,8-9,14-15H2,1-4H3. The van der Waals surface area contributed by atoms with E-state index >= 15 is 0 Å². The molecule has 1 aromatic carbocycles. The fraction of sp³-hybridized carbons (Fsp3) is 0.556. The van der Waals surface area contributed by atoms with Gasteiger partial charge in [0.25, 0.3) is 0 Å². The van der Waals surface area contributed by atoms with Crippen LogP contribution in [0.5, 0.6) is 0 Å². The lowest BCUT2D eigenvalue weighted by Crippen LogP contribution is -2.15. The zero-order valence-corrected chi connectivity index (χ0v) is 13.0. The molecule has 19 heavy (non-hydrogen) atoms. The zero-order chi connectivity index (χ0) is 14.1. The molecule has 0 amide bonds. The lowest BCUT2D eigenvalue weighted by molar-refractivity contribution is 0.590. The normalized spacial score (nSPS) is 12.2. The van der Waals surface area contributed by atoms with Gasteiger partial charge in [0.05, 0.1) is 0 Å². The predicted molar refractivity (Wildman–Crippen MR) is 85.8 cm³/mol. The highest BCUT2D eigenvalue weighted by atomic mass is 14.8. The number of hydrogen-bond donors (Lipinski definition) is 1. The van der Waals surface area contributed by atoms with Crippen LogP contribution in [0.4, 0.5) is 0 Å². The molecule has 0 aliphatic rings. The van der Waals surface area contributed by atoms with Gasteiger partial charge in [-0.2, -0.15) is 0 Å². The Balaban J connectivity index is 2.32. The van der Waals surface area contributed by atoms with Crippen LogP contribution in [-0.2, 0) is 11.8 Å². The van der Waals surface area contributed by atoms with Crippen molar-refractivity contribution in [2.24, 2.45) is 0 Å². The molecule has 106 valence electrons. The first kappa shape index (κ1) is 16.0. The molecule has 0 saturated carbocycles. The molecule has 0 saturated heterocycles. The molecule has 1 aromatic rings. The molecule has 0 radical (unpaired) electrons. The van der Waals surface area contributed by atoms with Crippen molar-refractivity contribution < 1.29 is 0 Å². The SMILES string of the molecule is CCCNCCC=CCc1ccc(C(C)(C)C)cc1. The minimum absolute atomic E-state index is 0.249. The van der Waals surface area contributed by atoms with Crippen molar-refractivity contribution in [1.82, 2.24) is 5.32 Å². The number of nitrogens with one attached hydrogen (secondary N) is 1. The smallest absolute Gasteiger partial charge is 0.00143 e. The summed E-state index contributed by atoms with van der Waals surface area (Å²) in [6, 6.07) is 9.01. The lowest BCUT2D eigenvalue weighted by Gasteiger charge is -2.18. The van der Waals surface area contributed by atoms with Gasteiger partial charge in [-0.15, -0.1) is 0 Å². The second-order valence-electron chi connectivity index (χ2n) is 6.16. The summed E-state index contributed by atoms with van der Waals surface area (Å²) in [4.78, 5) is 0. The molecule has 0 spiro atoms. The molecular formula is C18H29N. The second kappa shape index (κ2) is 8.16. The Morgan fingerprint density at radius 3 is 2.26 bits per heavy atom. The molecular weight excluding hydrogens is 230 g/mol. The second-order valence-corrected chi connectivity index (χ2v) is 6.16. The summed E-state index contributed by atoms with van der Waals surface area (Å²) in [7, 11) is 0. The summed E-state index contributed by atoms with van der Waals surface area (Å²) in [6.45, 7) is 11.2. The van der Waals surface area contributed by atoms with Crippen molar-refractivity contribution in [2.45, 2.75) is 52.4 Å². The summed E-state index contributed by atoms with van der Waals surface area (Å²) < 4.78 is 0. The van der Waals surface area contributed by atoms with E-state index in [0.29, 0.717) is 0 Å². The van der Waals surface area contributed by atoms with Gasteiger partial charge in [-0.05, 0) is 48.9 Å². The Kier molecular flexibility index (Phi) is 6.86. The van der Waals surface area contributed by atoms with E-state index in [-0.39, 0.29) is 5.41 Å². The third-order valence-corrected chi connectivity index (χ3v) is 3.25. The summed E-state index contributed by atoms with van der Waals surface area (Å²) in [5.74, 6) is 0. The van der Waals surface area contributed by atoms with Gasteiger partial charge in [0.1, 0.15) is 0 Å². The summed E-state index contributed by atoms with van der Waals surface area (Å²) in [6.07, 6.45) is 7.93. The molecule has 0 unspecified atom stereocenters. The molecule has 0 aliphatic carbocycles. The molecule has 1 heteroatoms. The van der Waals surface area contributed by atoms with E-state index in [1.165, 1.54) is 17.5 Å². The first-order valence-electron chi connectivity index (χ1n) is 7.49. The number of benzene rings is 1. The van der Waals surface area contributed by atoms with Gasteiger partial charge in [-0.1, -0.05) is 64.1 Å². The van der Waals surface area contributed by atoms with Crippen molar-refractivity contribution in [2.75, 3.05) is 13.1 Å². The van der Waals surface area contributed by atoms with Crippen molar-refractivity contribution >= 4 is 0 Å². The molecule has 0 fully saturated rings.